The van der Waals surface area contributed by atoms with Gasteiger partial charge in [0.15, 0.2) is 23.7 Å². The zero-order valence-electron chi connectivity index (χ0n) is 18.7. The highest BCUT2D eigenvalue weighted by atomic mass is 16.6. The molecule has 1 fully saturated rings. The number of methoxy groups -OCH3 is 1. The zero-order chi connectivity index (χ0) is 23.0. The number of aliphatic hydroxyl groups is 2. The molecular weight excluding hydrogens is 422 g/mol. The summed E-state index contributed by atoms with van der Waals surface area (Å²) < 4.78 is 17.8. The summed E-state index contributed by atoms with van der Waals surface area (Å²) in [5.41, 5.74) is 0.757. The molecule has 2 aliphatic carbocycles. The van der Waals surface area contributed by atoms with Crippen molar-refractivity contribution in [3.8, 4) is 11.5 Å². The first-order valence-electron chi connectivity index (χ1n) is 11.3. The Morgan fingerprint density at radius 2 is 2.03 bits per heavy atom. The second kappa shape index (κ2) is 7.06. The molecule has 33 heavy (non-hydrogen) atoms. The smallest absolute Gasteiger partial charge is 0.344 e. The Bertz CT molecular complexity index is 1160. The topological polar surface area (TPSA) is 88.5 Å². The molecule has 4 aliphatic rings. The molecule has 7 heteroatoms. The number of likely N-dealkylation sites (N-methyl/N-ethyl adjacent to an activating group) is 1. The maximum Gasteiger partial charge on any atom is 0.344 e. The fourth-order valence-electron chi connectivity index (χ4n) is 6.53. The molecule has 5 atom stereocenters. The van der Waals surface area contributed by atoms with Crippen LogP contribution in [0.1, 0.15) is 35.6 Å². The molecule has 2 aliphatic heterocycles. The Morgan fingerprint density at radius 1 is 1.24 bits per heavy atom. The lowest BCUT2D eigenvalue weighted by atomic mass is 9.50. The summed E-state index contributed by atoms with van der Waals surface area (Å²) in [7, 11) is 3.64. The van der Waals surface area contributed by atoms with Gasteiger partial charge in [-0.3, -0.25) is 0 Å². The van der Waals surface area contributed by atoms with Gasteiger partial charge >= 0.3 is 5.97 Å². The van der Waals surface area contributed by atoms with Crippen LogP contribution in [-0.2, 0) is 21.4 Å². The van der Waals surface area contributed by atoms with Gasteiger partial charge in [0.25, 0.3) is 0 Å². The summed E-state index contributed by atoms with van der Waals surface area (Å²) in [5, 5.41) is 22.8. The molecule has 0 amide bonds. The number of likely N-dealkylation sites (tertiary alicyclic amines) is 1. The van der Waals surface area contributed by atoms with Gasteiger partial charge in [0, 0.05) is 18.0 Å². The van der Waals surface area contributed by atoms with Gasteiger partial charge in [-0.25, -0.2) is 4.79 Å². The van der Waals surface area contributed by atoms with Crippen LogP contribution in [0.25, 0.3) is 0 Å². The molecule has 0 saturated carbocycles. The van der Waals surface area contributed by atoms with E-state index in [1.807, 2.05) is 19.2 Å². The van der Waals surface area contributed by atoms with Gasteiger partial charge in [0.05, 0.1) is 18.1 Å². The number of hydrogen-bond acceptors (Lipinski definition) is 7. The summed E-state index contributed by atoms with van der Waals surface area (Å²) in [6.45, 7) is 0.788. The second-order valence-electron chi connectivity index (χ2n) is 9.52. The van der Waals surface area contributed by atoms with E-state index >= 15 is 0 Å². The fraction of sp³-hybridized carbons (Fsp3) is 0.423. The highest BCUT2D eigenvalue weighted by molar-refractivity contribution is 5.77. The molecule has 1 spiro atoms. The molecule has 6 rings (SSSR count). The van der Waals surface area contributed by atoms with Crippen LogP contribution < -0.4 is 9.47 Å². The predicted molar refractivity (Wildman–Crippen MR) is 119 cm³/mol. The highest BCUT2D eigenvalue weighted by Crippen LogP contribution is 2.65. The van der Waals surface area contributed by atoms with Crippen LogP contribution in [-0.4, -0.2) is 59.5 Å². The molecule has 2 N–H and O–H groups in total. The number of carbonyl (C=O) groups is 1. The lowest BCUT2D eigenvalue weighted by molar-refractivity contribution is -0.172. The maximum atomic E-state index is 12.9. The first-order chi connectivity index (χ1) is 15.9. The molecule has 172 valence electrons. The molecule has 0 aromatic heterocycles. The summed E-state index contributed by atoms with van der Waals surface area (Å²) >= 11 is 0. The third kappa shape index (κ3) is 2.58. The molecule has 1 saturated heterocycles. The highest BCUT2D eigenvalue weighted by Gasteiger charge is 2.72. The average molecular weight is 450 g/mol. The monoisotopic (exact) mass is 449 g/mol. The number of rotatable bonds is 4. The summed E-state index contributed by atoms with van der Waals surface area (Å²) in [6.07, 6.45) is 1.38. The SMILES string of the molecule is COc1ccc2c3c1O[C@H]1C(OC(=O)[C@@H](O)c4ccccc4)=CC[C@@]4(O)[C@H](C2)N(C)CC[C@]314. The molecule has 0 unspecified atom stereocenters. The summed E-state index contributed by atoms with van der Waals surface area (Å²) in [4.78, 5) is 15.1. The third-order valence-electron chi connectivity index (χ3n) is 8.11. The minimum atomic E-state index is -1.41. The molecule has 2 heterocycles. The Kier molecular flexibility index (Phi) is 4.43. The summed E-state index contributed by atoms with van der Waals surface area (Å²) in [6, 6.07) is 12.6. The Morgan fingerprint density at radius 3 is 2.79 bits per heavy atom. The molecule has 7 nitrogen and oxygen atoms in total. The van der Waals surface area contributed by atoms with Gasteiger partial charge in [-0.05, 0) is 49.7 Å². The predicted octanol–water partition coefficient (Wildman–Crippen LogP) is 2.25. The maximum absolute atomic E-state index is 12.9. The number of ether oxygens (including phenoxy) is 3. The molecule has 2 bridgehead atoms. The van der Waals surface area contributed by atoms with Gasteiger partial charge < -0.3 is 29.3 Å². The third-order valence-corrected chi connectivity index (χ3v) is 8.11. The van der Waals surface area contributed by atoms with Crippen molar-refractivity contribution in [3.05, 3.63) is 71.0 Å². The largest absolute Gasteiger partial charge is 0.493 e. The van der Waals surface area contributed by atoms with Gasteiger partial charge in [0.1, 0.15) is 5.76 Å². The van der Waals surface area contributed by atoms with E-state index in [0.29, 0.717) is 42.1 Å². The van der Waals surface area contributed by atoms with E-state index in [-0.39, 0.29) is 6.04 Å². The van der Waals surface area contributed by atoms with E-state index in [0.717, 1.165) is 17.7 Å². The fourth-order valence-corrected chi connectivity index (χ4v) is 6.53. The van der Waals surface area contributed by atoms with Crippen LogP contribution in [0, 0.1) is 0 Å². The Labute approximate surface area is 192 Å². The van der Waals surface area contributed by atoms with Crippen LogP contribution in [0.2, 0.25) is 0 Å². The first-order valence-corrected chi connectivity index (χ1v) is 11.3. The van der Waals surface area contributed by atoms with E-state index in [2.05, 4.69) is 11.0 Å². The number of piperidine rings is 1. The summed E-state index contributed by atoms with van der Waals surface area (Å²) in [5.74, 6) is 0.802. The van der Waals surface area contributed by atoms with Crippen LogP contribution >= 0.6 is 0 Å². The molecule has 2 aromatic rings. The van der Waals surface area contributed by atoms with Crippen LogP contribution in [0.3, 0.4) is 0 Å². The van der Waals surface area contributed by atoms with Crippen LogP contribution in [0.15, 0.2) is 54.3 Å². The number of esters is 1. The van der Waals surface area contributed by atoms with Gasteiger partial charge in [-0.2, -0.15) is 0 Å². The van der Waals surface area contributed by atoms with Crippen molar-refractivity contribution < 1.29 is 29.2 Å². The van der Waals surface area contributed by atoms with E-state index in [1.54, 1.807) is 37.5 Å². The lowest BCUT2D eigenvalue weighted by Crippen LogP contribution is -2.74. The number of benzene rings is 2. The number of nitrogens with zero attached hydrogens (tertiary/aromatic N) is 1. The first kappa shape index (κ1) is 20.7. The van der Waals surface area contributed by atoms with E-state index in [4.69, 9.17) is 14.2 Å². The average Bonchev–Trinajstić information content (AvgIpc) is 3.19. The molecular formula is C26H27NO6. The van der Waals surface area contributed by atoms with Crippen molar-refractivity contribution >= 4 is 5.97 Å². The van der Waals surface area contributed by atoms with E-state index in [9.17, 15) is 15.0 Å². The molecule has 0 radical (unpaired) electrons. The van der Waals surface area contributed by atoms with Gasteiger partial charge in [-0.1, -0.05) is 36.4 Å². The Hall–Kier alpha value is -2.87. The van der Waals surface area contributed by atoms with Gasteiger partial charge in [-0.15, -0.1) is 0 Å². The number of hydrogen-bond donors (Lipinski definition) is 2. The normalized spacial score (nSPS) is 32.3. The van der Waals surface area contributed by atoms with Gasteiger partial charge in [0.2, 0.25) is 0 Å². The minimum absolute atomic E-state index is 0.0763. The number of aliphatic hydroxyl groups excluding tert-OH is 1. The van der Waals surface area contributed by atoms with Crippen molar-refractivity contribution in [2.45, 2.75) is 48.5 Å². The van der Waals surface area contributed by atoms with Crippen molar-refractivity contribution in [2.24, 2.45) is 0 Å². The van der Waals surface area contributed by atoms with E-state index < -0.39 is 29.2 Å². The molecule has 2 aromatic carbocycles. The van der Waals surface area contributed by atoms with Crippen LogP contribution in [0.5, 0.6) is 11.5 Å². The van der Waals surface area contributed by atoms with E-state index in [1.165, 1.54) is 0 Å². The minimum Gasteiger partial charge on any atom is -0.493 e. The second-order valence-corrected chi connectivity index (χ2v) is 9.52. The zero-order valence-corrected chi connectivity index (χ0v) is 18.7. The number of carbonyl (C=O) groups excluding carboxylic acids is 1. The standard InChI is InChI=1S/C26H27NO6/c1-27-13-12-25-20-16-8-9-17(31-2)22(20)33-23(25)18(10-11-26(25,30)19(27)14-16)32-24(29)21(28)15-6-4-3-5-7-15/h3-10,19,21,23,28,30H,11-14H2,1-2H3/t19-,21-,23-,25-,26+/m0/s1. The van der Waals surface area contributed by atoms with Crippen molar-refractivity contribution in [3.63, 3.8) is 0 Å². The van der Waals surface area contributed by atoms with Crippen LogP contribution in [0.4, 0.5) is 0 Å². The van der Waals surface area contributed by atoms with Crippen molar-refractivity contribution in [2.75, 3.05) is 20.7 Å². The quantitative estimate of drug-likeness (QED) is 0.692. The van der Waals surface area contributed by atoms with Crippen molar-refractivity contribution in [1.29, 1.82) is 0 Å². The Balaban J connectivity index is 1.44. The lowest BCUT2D eigenvalue weighted by Gasteiger charge is -2.61. The van der Waals surface area contributed by atoms with Crippen molar-refractivity contribution in [1.82, 2.24) is 4.90 Å².